The number of likely N-dealkylation sites (tertiary alicyclic amines) is 1. The molecule has 1 aliphatic heterocycles. The number of hydrogen-bond donors (Lipinski definition) is 1. The monoisotopic (exact) mass is 312 g/mol. The normalized spacial score (nSPS) is 16.8. The zero-order valence-electron chi connectivity index (χ0n) is 14.1. The zero-order valence-corrected chi connectivity index (χ0v) is 14.1. The van der Waals surface area contributed by atoms with Gasteiger partial charge in [0.25, 0.3) is 0 Å². The molecule has 1 saturated heterocycles. The third-order valence-electron chi connectivity index (χ3n) is 5.07. The van der Waals surface area contributed by atoms with E-state index >= 15 is 0 Å². The lowest BCUT2D eigenvalue weighted by molar-refractivity contribution is 0.208. The maximum atomic E-state index is 5.69. The average molecular weight is 312 g/mol. The Bertz CT molecular complexity index is 633. The number of methoxy groups -OCH3 is 1. The van der Waals surface area contributed by atoms with Crippen molar-refractivity contribution in [2.24, 2.45) is 5.73 Å². The summed E-state index contributed by atoms with van der Waals surface area (Å²) in [6.07, 6.45) is 4.79. The fourth-order valence-electron chi connectivity index (χ4n) is 3.80. The van der Waals surface area contributed by atoms with Crippen LogP contribution in [-0.4, -0.2) is 38.2 Å². The number of nitrogens with two attached hydrogens (primary N) is 1. The van der Waals surface area contributed by atoms with Gasteiger partial charge in [0, 0.05) is 5.56 Å². The Labute approximate surface area is 139 Å². The SMILES string of the molecule is COc1ccc2ccccc2c1C1CCN(CCCCN)CC1. The van der Waals surface area contributed by atoms with Crippen molar-refractivity contribution in [3.8, 4) is 5.75 Å². The van der Waals surface area contributed by atoms with Crippen LogP contribution >= 0.6 is 0 Å². The van der Waals surface area contributed by atoms with Gasteiger partial charge in [0.05, 0.1) is 7.11 Å². The Kier molecular flexibility index (Phi) is 5.52. The fourth-order valence-corrected chi connectivity index (χ4v) is 3.80. The Hall–Kier alpha value is -1.58. The van der Waals surface area contributed by atoms with E-state index in [2.05, 4.69) is 41.3 Å². The molecule has 3 rings (SSSR count). The first-order valence-corrected chi connectivity index (χ1v) is 8.81. The van der Waals surface area contributed by atoms with E-state index in [1.54, 1.807) is 7.11 Å². The highest BCUT2D eigenvalue weighted by Crippen LogP contribution is 2.39. The fraction of sp³-hybridized carbons (Fsp3) is 0.500. The highest BCUT2D eigenvalue weighted by molar-refractivity contribution is 5.88. The molecule has 0 radical (unpaired) electrons. The van der Waals surface area contributed by atoms with Crippen molar-refractivity contribution in [1.29, 1.82) is 0 Å². The predicted octanol–water partition coefficient (Wildman–Crippen LogP) is 3.77. The minimum absolute atomic E-state index is 0.599. The minimum Gasteiger partial charge on any atom is -0.496 e. The summed E-state index contributed by atoms with van der Waals surface area (Å²) in [4.78, 5) is 2.59. The molecule has 0 amide bonds. The molecule has 3 nitrogen and oxygen atoms in total. The molecule has 3 heteroatoms. The lowest BCUT2D eigenvalue weighted by Gasteiger charge is -2.33. The van der Waals surface area contributed by atoms with Crippen molar-refractivity contribution in [3.05, 3.63) is 42.0 Å². The van der Waals surface area contributed by atoms with E-state index in [1.807, 2.05) is 0 Å². The summed E-state index contributed by atoms with van der Waals surface area (Å²) in [7, 11) is 1.79. The molecule has 0 aliphatic carbocycles. The van der Waals surface area contributed by atoms with E-state index < -0.39 is 0 Å². The number of hydrogen-bond acceptors (Lipinski definition) is 3. The van der Waals surface area contributed by atoms with Gasteiger partial charge in [-0.3, -0.25) is 0 Å². The second-order valence-corrected chi connectivity index (χ2v) is 6.51. The topological polar surface area (TPSA) is 38.5 Å². The van der Waals surface area contributed by atoms with E-state index in [4.69, 9.17) is 10.5 Å². The van der Waals surface area contributed by atoms with Crippen molar-refractivity contribution in [2.75, 3.05) is 33.3 Å². The summed E-state index contributed by atoms with van der Waals surface area (Å²) in [6.45, 7) is 4.36. The minimum atomic E-state index is 0.599. The Morgan fingerprint density at radius 1 is 1.09 bits per heavy atom. The average Bonchev–Trinajstić information content (AvgIpc) is 2.61. The largest absolute Gasteiger partial charge is 0.496 e. The lowest BCUT2D eigenvalue weighted by atomic mass is 9.85. The quantitative estimate of drug-likeness (QED) is 0.825. The molecule has 0 unspecified atom stereocenters. The molecule has 2 N–H and O–H groups in total. The van der Waals surface area contributed by atoms with Crippen LogP contribution in [0.2, 0.25) is 0 Å². The van der Waals surface area contributed by atoms with Crippen LogP contribution in [0.3, 0.4) is 0 Å². The van der Waals surface area contributed by atoms with E-state index in [1.165, 1.54) is 55.2 Å². The van der Waals surface area contributed by atoms with Crippen LogP contribution in [0.15, 0.2) is 36.4 Å². The van der Waals surface area contributed by atoms with Gasteiger partial charge in [0.1, 0.15) is 5.75 Å². The number of rotatable bonds is 6. The van der Waals surface area contributed by atoms with Crippen LogP contribution in [0.4, 0.5) is 0 Å². The molecule has 1 aliphatic rings. The first-order chi connectivity index (χ1) is 11.3. The summed E-state index contributed by atoms with van der Waals surface area (Å²) in [5, 5.41) is 2.67. The maximum Gasteiger partial charge on any atom is 0.122 e. The molecule has 0 saturated carbocycles. The van der Waals surface area contributed by atoms with Gasteiger partial charge < -0.3 is 15.4 Å². The third-order valence-corrected chi connectivity index (χ3v) is 5.07. The Balaban J connectivity index is 1.76. The molecule has 0 bridgehead atoms. The summed E-state index contributed by atoms with van der Waals surface area (Å²) in [6, 6.07) is 13.0. The summed E-state index contributed by atoms with van der Waals surface area (Å²) >= 11 is 0. The van der Waals surface area contributed by atoms with E-state index in [0.29, 0.717) is 5.92 Å². The van der Waals surface area contributed by atoms with Crippen LogP contribution in [0.25, 0.3) is 10.8 Å². The molecule has 0 atom stereocenters. The number of unbranched alkanes of at least 4 members (excludes halogenated alkanes) is 1. The van der Waals surface area contributed by atoms with Gasteiger partial charge in [-0.25, -0.2) is 0 Å². The van der Waals surface area contributed by atoms with Gasteiger partial charge in [-0.05, 0) is 74.6 Å². The van der Waals surface area contributed by atoms with Crippen molar-refractivity contribution in [1.82, 2.24) is 4.90 Å². The second-order valence-electron chi connectivity index (χ2n) is 6.51. The molecule has 23 heavy (non-hydrogen) atoms. The molecule has 2 aromatic carbocycles. The molecule has 0 spiro atoms. The number of ether oxygens (including phenoxy) is 1. The van der Waals surface area contributed by atoms with Crippen molar-refractivity contribution in [3.63, 3.8) is 0 Å². The number of benzene rings is 2. The second kappa shape index (κ2) is 7.80. The zero-order chi connectivity index (χ0) is 16.1. The molecular formula is C20H28N2O. The van der Waals surface area contributed by atoms with Crippen LogP contribution < -0.4 is 10.5 Å². The van der Waals surface area contributed by atoms with E-state index in [0.717, 1.165) is 18.7 Å². The van der Waals surface area contributed by atoms with Crippen LogP contribution in [0.5, 0.6) is 5.75 Å². The molecule has 2 aromatic rings. The molecular weight excluding hydrogens is 284 g/mol. The number of fused-ring (bicyclic) bond motifs is 1. The molecule has 1 fully saturated rings. The molecule has 0 aromatic heterocycles. The van der Waals surface area contributed by atoms with Crippen molar-refractivity contribution in [2.45, 2.75) is 31.6 Å². The van der Waals surface area contributed by atoms with E-state index in [9.17, 15) is 0 Å². The van der Waals surface area contributed by atoms with Gasteiger partial charge in [-0.15, -0.1) is 0 Å². The van der Waals surface area contributed by atoms with Crippen LogP contribution in [-0.2, 0) is 0 Å². The van der Waals surface area contributed by atoms with Gasteiger partial charge >= 0.3 is 0 Å². The maximum absolute atomic E-state index is 5.69. The molecule has 1 heterocycles. The number of nitrogens with zero attached hydrogens (tertiary/aromatic N) is 1. The Morgan fingerprint density at radius 3 is 2.61 bits per heavy atom. The first kappa shape index (κ1) is 16.3. The summed E-state index contributed by atoms with van der Waals surface area (Å²) in [5.41, 5.74) is 7.00. The van der Waals surface area contributed by atoms with Crippen molar-refractivity contribution >= 4 is 10.8 Å². The predicted molar refractivity (Wildman–Crippen MR) is 97.2 cm³/mol. The van der Waals surface area contributed by atoms with Crippen LogP contribution in [0, 0.1) is 0 Å². The third kappa shape index (κ3) is 3.67. The Morgan fingerprint density at radius 2 is 1.87 bits per heavy atom. The standard InChI is InChI=1S/C20H28N2O/c1-23-19-9-8-16-6-2-3-7-18(16)20(19)17-10-14-22(15-11-17)13-5-4-12-21/h2-3,6-9,17H,4-5,10-15,21H2,1H3. The summed E-state index contributed by atoms with van der Waals surface area (Å²) < 4.78 is 5.69. The van der Waals surface area contributed by atoms with Crippen molar-refractivity contribution < 1.29 is 4.74 Å². The summed E-state index contributed by atoms with van der Waals surface area (Å²) in [5.74, 6) is 1.65. The van der Waals surface area contributed by atoms with Gasteiger partial charge in [0.15, 0.2) is 0 Å². The smallest absolute Gasteiger partial charge is 0.122 e. The first-order valence-electron chi connectivity index (χ1n) is 8.81. The lowest BCUT2D eigenvalue weighted by Crippen LogP contribution is -2.34. The van der Waals surface area contributed by atoms with Crippen LogP contribution in [0.1, 0.15) is 37.2 Å². The number of piperidine rings is 1. The van der Waals surface area contributed by atoms with Gasteiger partial charge in [0.2, 0.25) is 0 Å². The highest BCUT2D eigenvalue weighted by atomic mass is 16.5. The van der Waals surface area contributed by atoms with E-state index in [-0.39, 0.29) is 0 Å². The van der Waals surface area contributed by atoms with Gasteiger partial charge in [-0.2, -0.15) is 0 Å². The van der Waals surface area contributed by atoms with Gasteiger partial charge in [-0.1, -0.05) is 30.3 Å². The highest BCUT2D eigenvalue weighted by Gasteiger charge is 2.24. The molecule has 124 valence electrons.